The van der Waals surface area contributed by atoms with E-state index in [1.165, 1.54) is 0 Å². The Balaban J connectivity index is 1.79. The number of fused-ring (bicyclic) bond motifs is 1. The Morgan fingerprint density at radius 3 is 3.00 bits per heavy atom. The van der Waals surface area contributed by atoms with Crippen molar-refractivity contribution >= 4 is 37.8 Å². The second-order valence-electron chi connectivity index (χ2n) is 6.97. The van der Waals surface area contributed by atoms with Crippen molar-refractivity contribution in [3.05, 3.63) is 35.5 Å². The highest BCUT2D eigenvalue weighted by Crippen LogP contribution is 2.34. The summed E-state index contributed by atoms with van der Waals surface area (Å²) in [4.78, 5) is 21.0. The Morgan fingerprint density at radius 2 is 2.32 bits per heavy atom. The van der Waals surface area contributed by atoms with Crippen LogP contribution in [0.15, 0.2) is 29.4 Å². The van der Waals surface area contributed by atoms with Crippen molar-refractivity contribution in [1.29, 1.82) is 5.26 Å². The Kier molecular flexibility index (Phi) is 5.40. The first-order chi connectivity index (χ1) is 13.7. The van der Waals surface area contributed by atoms with E-state index >= 15 is 0 Å². The highest BCUT2D eigenvalue weighted by Gasteiger charge is 2.25. The zero-order valence-electron chi connectivity index (χ0n) is 15.8. The summed E-state index contributed by atoms with van der Waals surface area (Å²) in [5, 5.41) is 14.1. The normalized spacial score (nSPS) is 19.2. The van der Waals surface area contributed by atoms with Gasteiger partial charge in [-0.1, -0.05) is 19.4 Å². The van der Waals surface area contributed by atoms with Crippen LogP contribution in [0, 0.1) is 11.3 Å². The van der Waals surface area contributed by atoms with Crippen LogP contribution in [0.25, 0.3) is 10.9 Å². The topological polar surface area (TPSA) is 87.4 Å². The number of aliphatic imine (C=N–C) groups is 1. The second-order valence-corrected chi connectivity index (χ2v) is 8.74. The van der Waals surface area contributed by atoms with Crippen LogP contribution in [0.4, 0.5) is 0 Å². The molecule has 0 radical (unpaired) electrons. The quantitative estimate of drug-likeness (QED) is 0.352. The number of carbonyl (C=O) groups excluding carboxylic acids is 1. The number of pyridine rings is 1. The van der Waals surface area contributed by atoms with E-state index < -0.39 is 0 Å². The molecule has 1 aromatic carbocycles. The Morgan fingerprint density at radius 1 is 1.46 bits per heavy atom. The minimum atomic E-state index is -0.352. The zero-order valence-corrected chi connectivity index (χ0v) is 16.6. The summed E-state index contributed by atoms with van der Waals surface area (Å²) >= 11 is 0. The number of nitrogens with one attached hydrogen (secondary N) is 1. The predicted molar refractivity (Wildman–Crippen MR) is 113 cm³/mol. The number of carbonyl (C=O) groups is 1. The maximum atomic E-state index is 11.7. The maximum Gasteiger partial charge on any atom is 0.234 e. The van der Waals surface area contributed by atoms with Crippen LogP contribution in [0.5, 0.6) is 5.75 Å². The number of rotatable bonds is 6. The average molecular weight is 395 g/mol. The minimum Gasteiger partial charge on any atom is -0.491 e. The molecule has 1 aliphatic heterocycles. The van der Waals surface area contributed by atoms with Crippen molar-refractivity contribution in [2.75, 3.05) is 12.4 Å². The first-order valence-corrected chi connectivity index (χ1v) is 11.0. The van der Waals surface area contributed by atoms with Crippen molar-refractivity contribution in [1.82, 2.24) is 10.3 Å². The van der Waals surface area contributed by atoms with Gasteiger partial charge in [0.15, 0.2) is 0 Å². The van der Waals surface area contributed by atoms with Crippen LogP contribution in [-0.2, 0) is 4.79 Å². The standard InChI is InChI=1S/C21H22N4O2S/c1-2-3-8-27-20-15(10-22)11-23-18-7-4-14(9-17(18)20)21(25-16-5-6-16)28-12-19(26)24-13-28/h4,7,9,11,13,16H,2-3,5-6,8,12H2,1H3,(H,24,26). The monoisotopic (exact) mass is 394 g/mol. The molecule has 4 rings (SSSR count). The zero-order chi connectivity index (χ0) is 19.5. The van der Waals surface area contributed by atoms with Gasteiger partial charge in [-0.2, -0.15) is 5.26 Å². The van der Waals surface area contributed by atoms with E-state index in [1.807, 2.05) is 23.7 Å². The molecule has 0 spiro atoms. The van der Waals surface area contributed by atoms with Crippen molar-refractivity contribution in [3.8, 4) is 11.8 Å². The van der Waals surface area contributed by atoms with Crippen LogP contribution >= 0.6 is 10.5 Å². The fourth-order valence-corrected chi connectivity index (χ4v) is 4.69. The van der Waals surface area contributed by atoms with Gasteiger partial charge in [0.2, 0.25) is 5.91 Å². The number of nitriles is 1. The van der Waals surface area contributed by atoms with E-state index in [4.69, 9.17) is 9.73 Å². The lowest BCUT2D eigenvalue weighted by atomic mass is 10.1. The molecule has 144 valence electrons. The third kappa shape index (κ3) is 3.92. The number of aromatic nitrogens is 1. The van der Waals surface area contributed by atoms with Gasteiger partial charge in [0.25, 0.3) is 0 Å². The van der Waals surface area contributed by atoms with E-state index in [1.54, 1.807) is 6.20 Å². The molecule has 1 unspecified atom stereocenters. The lowest BCUT2D eigenvalue weighted by Crippen LogP contribution is -2.15. The Labute approximate surface area is 166 Å². The lowest BCUT2D eigenvalue weighted by molar-refractivity contribution is -0.116. The largest absolute Gasteiger partial charge is 0.491 e. The fourth-order valence-electron chi connectivity index (χ4n) is 3.00. The number of amides is 1. The molecule has 1 N–H and O–H groups in total. The third-order valence-corrected chi connectivity index (χ3v) is 6.49. The molecule has 1 fully saturated rings. The molecular weight excluding hydrogens is 372 g/mol. The smallest absolute Gasteiger partial charge is 0.234 e. The summed E-state index contributed by atoms with van der Waals surface area (Å²) in [5.74, 6) is 1.06. The van der Waals surface area contributed by atoms with Gasteiger partial charge in [-0.05, 0) is 31.4 Å². The summed E-state index contributed by atoms with van der Waals surface area (Å²) in [6, 6.07) is 8.49. The molecule has 2 heterocycles. The van der Waals surface area contributed by atoms with Gasteiger partial charge in [0.1, 0.15) is 17.4 Å². The number of hydrogen-bond donors (Lipinski definition) is 1. The van der Waals surface area contributed by atoms with Crippen LogP contribution in [0.3, 0.4) is 0 Å². The van der Waals surface area contributed by atoms with E-state index in [0.717, 1.165) is 47.2 Å². The van der Waals surface area contributed by atoms with Gasteiger partial charge < -0.3 is 10.1 Å². The van der Waals surface area contributed by atoms with Gasteiger partial charge >= 0.3 is 0 Å². The molecule has 2 aliphatic rings. The minimum absolute atomic E-state index is 0.0321. The van der Waals surface area contributed by atoms with E-state index in [0.29, 0.717) is 29.7 Å². The van der Waals surface area contributed by atoms with Crippen molar-refractivity contribution in [2.45, 2.75) is 38.6 Å². The molecule has 1 amide bonds. The molecule has 2 aromatic rings. The van der Waals surface area contributed by atoms with Gasteiger partial charge in [-0.25, -0.2) is 0 Å². The molecule has 7 heteroatoms. The van der Waals surface area contributed by atoms with E-state index in [-0.39, 0.29) is 16.4 Å². The Bertz CT molecular complexity index is 1030. The molecular formula is C21H22N4O2S. The molecule has 0 bridgehead atoms. The molecule has 28 heavy (non-hydrogen) atoms. The molecule has 1 atom stereocenters. The number of ether oxygens (including phenoxy) is 1. The Hall–Kier alpha value is -2.72. The van der Waals surface area contributed by atoms with Crippen LogP contribution in [-0.4, -0.2) is 39.8 Å². The summed E-state index contributed by atoms with van der Waals surface area (Å²) in [6.07, 6.45) is 5.71. The fraction of sp³-hybridized carbons (Fsp3) is 0.381. The summed E-state index contributed by atoms with van der Waals surface area (Å²) in [6.45, 7) is 2.67. The van der Waals surface area contributed by atoms with Gasteiger partial charge in [-0.3, -0.25) is 14.8 Å². The third-order valence-electron chi connectivity index (χ3n) is 4.67. The van der Waals surface area contributed by atoms with E-state index in [9.17, 15) is 10.1 Å². The molecule has 1 aromatic heterocycles. The van der Waals surface area contributed by atoms with Gasteiger partial charge in [0, 0.05) is 22.6 Å². The molecule has 1 aliphatic carbocycles. The van der Waals surface area contributed by atoms with Crippen molar-refractivity contribution in [3.63, 3.8) is 0 Å². The van der Waals surface area contributed by atoms with Crippen LogP contribution < -0.4 is 10.1 Å². The van der Waals surface area contributed by atoms with Gasteiger partial charge in [0.05, 0.1) is 29.0 Å². The summed E-state index contributed by atoms with van der Waals surface area (Å²) in [7, 11) is -0.352. The number of unbranched alkanes of at least 4 members (excludes halogenated alkanes) is 1. The number of hydrogen-bond acceptors (Lipinski definition) is 5. The lowest BCUT2D eigenvalue weighted by Gasteiger charge is -2.13. The number of nitrogens with zero attached hydrogens (tertiary/aromatic N) is 3. The van der Waals surface area contributed by atoms with E-state index in [2.05, 4.69) is 23.3 Å². The first-order valence-electron chi connectivity index (χ1n) is 9.56. The summed E-state index contributed by atoms with van der Waals surface area (Å²) < 4.78 is 5.98. The highest BCUT2D eigenvalue weighted by atomic mass is 32.2. The van der Waals surface area contributed by atoms with Crippen molar-refractivity contribution in [2.24, 2.45) is 4.99 Å². The maximum absolute atomic E-state index is 11.7. The molecule has 6 nitrogen and oxygen atoms in total. The molecule has 1 saturated carbocycles. The van der Waals surface area contributed by atoms with Crippen molar-refractivity contribution < 1.29 is 9.53 Å². The summed E-state index contributed by atoms with van der Waals surface area (Å²) in [5.41, 5.74) is 4.05. The first kappa shape index (κ1) is 18.6. The van der Waals surface area contributed by atoms with Crippen LogP contribution in [0.2, 0.25) is 0 Å². The SMILES string of the molecule is CCCCOc1c(C#N)cnc2ccc(C(=NC3CC3)S3=CNC(=O)C3)cc12. The second kappa shape index (κ2) is 8.11. The average Bonchev–Trinajstić information content (AvgIpc) is 3.44. The molecule has 0 saturated heterocycles. The van der Waals surface area contributed by atoms with Gasteiger partial charge in [-0.15, -0.1) is 10.5 Å². The number of benzene rings is 1. The van der Waals surface area contributed by atoms with Crippen LogP contribution in [0.1, 0.15) is 43.7 Å². The highest BCUT2D eigenvalue weighted by molar-refractivity contribution is 8.29. The predicted octanol–water partition coefficient (Wildman–Crippen LogP) is 3.35.